The molecule has 0 saturated heterocycles. The van der Waals surface area contributed by atoms with E-state index in [2.05, 4.69) is 12.2 Å². The normalized spacial score (nSPS) is 15.6. The van der Waals surface area contributed by atoms with Gasteiger partial charge in [-0.15, -0.1) is 0 Å². The third kappa shape index (κ3) is 4.33. The Morgan fingerprint density at radius 3 is 2.58 bits per heavy atom. The Morgan fingerprint density at radius 2 is 2.05 bits per heavy atom. The highest BCUT2D eigenvalue weighted by atomic mass is 16.5. The van der Waals surface area contributed by atoms with Crippen molar-refractivity contribution in [1.29, 1.82) is 0 Å². The molecule has 4 nitrogen and oxygen atoms in total. The van der Waals surface area contributed by atoms with Crippen LogP contribution in [0.1, 0.15) is 32.3 Å². The summed E-state index contributed by atoms with van der Waals surface area (Å²) in [7, 11) is 1.63. The third-order valence-electron chi connectivity index (χ3n) is 3.19. The maximum Gasteiger partial charge on any atom is 0.244 e. The van der Waals surface area contributed by atoms with Crippen molar-refractivity contribution >= 4 is 5.91 Å². The predicted molar refractivity (Wildman–Crippen MR) is 76.7 cm³/mol. The maximum atomic E-state index is 12.3. The largest absolute Gasteiger partial charge is 0.383 e. The van der Waals surface area contributed by atoms with Crippen molar-refractivity contribution in [1.82, 2.24) is 5.32 Å². The molecular formula is C15H24N2O2. The molecule has 0 heterocycles. The number of benzene rings is 1. The molecule has 1 rings (SSSR count). The smallest absolute Gasteiger partial charge is 0.244 e. The monoisotopic (exact) mass is 264 g/mol. The van der Waals surface area contributed by atoms with Gasteiger partial charge in [0.2, 0.25) is 5.91 Å². The molecule has 0 aliphatic carbocycles. The first-order chi connectivity index (χ1) is 9.02. The molecule has 2 atom stereocenters. The fraction of sp³-hybridized carbons (Fsp3) is 0.533. The molecule has 0 saturated carbocycles. The fourth-order valence-corrected chi connectivity index (χ4v) is 2.00. The average Bonchev–Trinajstić information content (AvgIpc) is 2.40. The summed E-state index contributed by atoms with van der Waals surface area (Å²) in [6, 6.07) is 9.41. The molecule has 0 spiro atoms. The minimum atomic E-state index is -1.03. The van der Waals surface area contributed by atoms with Crippen LogP contribution in [-0.2, 0) is 15.1 Å². The van der Waals surface area contributed by atoms with Crippen molar-refractivity contribution in [3.05, 3.63) is 35.9 Å². The second kappa shape index (κ2) is 7.26. The van der Waals surface area contributed by atoms with Gasteiger partial charge in [-0.1, -0.05) is 43.7 Å². The zero-order valence-corrected chi connectivity index (χ0v) is 12.0. The Morgan fingerprint density at radius 1 is 1.42 bits per heavy atom. The van der Waals surface area contributed by atoms with Crippen LogP contribution in [-0.4, -0.2) is 25.7 Å². The fourth-order valence-electron chi connectivity index (χ4n) is 2.00. The first kappa shape index (κ1) is 15.7. The van der Waals surface area contributed by atoms with Crippen LogP contribution in [0.15, 0.2) is 30.3 Å². The summed E-state index contributed by atoms with van der Waals surface area (Å²) < 4.78 is 5.12. The molecule has 0 aliphatic rings. The van der Waals surface area contributed by atoms with E-state index in [1.54, 1.807) is 14.0 Å². The van der Waals surface area contributed by atoms with Gasteiger partial charge in [0.15, 0.2) is 0 Å². The number of hydrogen-bond acceptors (Lipinski definition) is 3. The van der Waals surface area contributed by atoms with Gasteiger partial charge in [0.25, 0.3) is 0 Å². The molecule has 3 N–H and O–H groups in total. The molecule has 0 fully saturated rings. The number of rotatable bonds is 7. The van der Waals surface area contributed by atoms with Crippen LogP contribution < -0.4 is 11.1 Å². The summed E-state index contributed by atoms with van der Waals surface area (Å²) in [5.74, 6) is -0.172. The van der Waals surface area contributed by atoms with E-state index in [1.807, 2.05) is 30.3 Å². The first-order valence-electron chi connectivity index (χ1n) is 6.66. The van der Waals surface area contributed by atoms with Crippen LogP contribution in [0.5, 0.6) is 0 Å². The minimum absolute atomic E-state index is 0.00841. The summed E-state index contributed by atoms with van der Waals surface area (Å²) in [5, 5.41) is 2.97. The van der Waals surface area contributed by atoms with Gasteiger partial charge >= 0.3 is 0 Å². The van der Waals surface area contributed by atoms with Gasteiger partial charge in [-0.25, -0.2) is 0 Å². The SMILES string of the molecule is CCCC(COC)NC(=O)C(C)(N)c1ccccc1. The Balaban J connectivity index is 2.75. The second-order valence-corrected chi connectivity index (χ2v) is 4.98. The molecule has 1 aromatic rings. The Labute approximate surface area is 115 Å². The number of amides is 1. The van der Waals surface area contributed by atoms with Gasteiger partial charge < -0.3 is 15.8 Å². The van der Waals surface area contributed by atoms with Crippen molar-refractivity contribution in [2.24, 2.45) is 5.73 Å². The first-order valence-corrected chi connectivity index (χ1v) is 6.66. The molecule has 1 amide bonds. The highest BCUT2D eigenvalue weighted by Gasteiger charge is 2.31. The van der Waals surface area contributed by atoms with Gasteiger partial charge in [0, 0.05) is 7.11 Å². The molecule has 106 valence electrons. The molecular weight excluding hydrogens is 240 g/mol. The van der Waals surface area contributed by atoms with Crippen molar-refractivity contribution in [3.63, 3.8) is 0 Å². The van der Waals surface area contributed by atoms with Crippen LogP contribution in [0.25, 0.3) is 0 Å². The van der Waals surface area contributed by atoms with Gasteiger partial charge in [-0.3, -0.25) is 4.79 Å². The van der Waals surface area contributed by atoms with E-state index in [9.17, 15) is 4.79 Å². The van der Waals surface area contributed by atoms with Crippen molar-refractivity contribution in [3.8, 4) is 0 Å². The Kier molecular flexibility index (Phi) is 5.99. The van der Waals surface area contributed by atoms with Gasteiger partial charge in [0.05, 0.1) is 12.6 Å². The lowest BCUT2D eigenvalue weighted by Gasteiger charge is -2.27. The Hall–Kier alpha value is -1.39. The van der Waals surface area contributed by atoms with Crippen LogP contribution >= 0.6 is 0 Å². The lowest BCUT2D eigenvalue weighted by Crippen LogP contribution is -2.52. The van der Waals surface area contributed by atoms with E-state index in [0.717, 1.165) is 18.4 Å². The van der Waals surface area contributed by atoms with Crippen LogP contribution in [0.2, 0.25) is 0 Å². The lowest BCUT2D eigenvalue weighted by atomic mass is 9.92. The summed E-state index contributed by atoms with van der Waals surface area (Å²) in [6.07, 6.45) is 1.87. The summed E-state index contributed by atoms with van der Waals surface area (Å²) in [4.78, 5) is 12.3. The molecule has 4 heteroatoms. The van der Waals surface area contributed by atoms with Crippen LogP contribution in [0.3, 0.4) is 0 Å². The van der Waals surface area contributed by atoms with E-state index >= 15 is 0 Å². The predicted octanol–water partition coefficient (Wildman–Crippen LogP) is 1.79. The third-order valence-corrected chi connectivity index (χ3v) is 3.19. The quantitative estimate of drug-likeness (QED) is 0.789. The number of methoxy groups -OCH3 is 1. The molecule has 0 bridgehead atoms. The summed E-state index contributed by atoms with van der Waals surface area (Å²) in [5.41, 5.74) is 5.95. The molecule has 19 heavy (non-hydrogen) atoms. The molecule has 2 unspecified atom stereocenters. The number of carbonyl (C=O) groups excluding carboxylic acids is 1. The number of nitrogens with one attached hydrogen (secondary N) is 1. The molecule has 0 radical (unpaired) electrons. The highest BCUT2D eigenvalue weighted by molar-refractivity contribution is 5.87. The maximum absolute atomic E-state index is 12.3. The summed E-state index contributed by atoms with van der Waals surface area (Å²) in [6.45, 7) is 4.31. The van der Waals surface area contributed by atoms with Gasteiger partial charge in [0.1, 0.15) is 5.54 Å². The molecule has 0 aliphatic heterocycles. The minimum Gasteiger partial charge on any atom is -0.383 e. The van der Waals surface area contributed by atoms with Crippen molar-refractivity contribution in [2.45, 2.75) is 38.3 Å². The van der Waals surface area contributed by atoms with Crippen molar-refractivity contribution < 1.29 is 9.53 Å². The molecule has 1 aromatic carbocycles. The zero-order valence-electron chi connectivity index (χ0n) is 12.0. The van der Waals surface area contributed by atoms with Crippen LogP contribution in [0.4, 0.5) is 0 Å². The topological polar surface area (TPSA) is 64.3 Å². The zero-order chi connectivity index (χ0) is 14.3. The highest BCUT2D eigenvalue weighted by Crippen LogP contribution is 2.17. The van der Waals surface area contributed by atoms with E-state index in [-0.39, 0.29) is 11.9 Å². The summed E-state index contributed by atoms with van der Waals surface area (Å²) >= 11 is 0. The number of ether oxygens (including phenoxy) is 1. The van der Waals surface area contributed by atoms with Crippen LogP contribution in [0, 0.1) is 0 Å². The standard InChI is InChI=1S/C15H24N2O2/c1-4-8-13(11-19-3)17-14(18)15(2,16)12-9-6-5-7-10-12/h5-7,9-10,13H,4,8,11,16H2,1-3H3,(H,17,18). The molecule has 0 aromatic heterocycles. The van der Waals surface area contributed by atoms with E-state index in [4.69, 9.17) is 10.5 Å². The number of hydrogen-bond donors (Lipinski definition) is 2. The van der Waals surface area contributed by atoms with E-state index in [1.165, 1.54) is 0 Å². The van der Waals surface area contributed by atoms with Gasteiger partial charge in [-0.2, -0.15) is 0 Å². The number of carbonyl (C=O) groups is 1. The van der Waals surface area contributed by atoms with E-state index < -0.39 is 5.54 Å². The average molecular weight is 264 g/mol. The lowest BCUT2D eigenvalue weighted by molar-refractivity contribution is -0.127. The number of nitrogens with two attached hydrogens (primary N) is 1. The van der Waals surface area contributed by atoms with Crippen molar-refractivity contribution in [2.75, 3.05) is 13.7 Å². The Bertz CT molecular complexity index is 384. The van der Waals surface area contributed by atoms with E-state index in [0.29, 0.717) is 6.61 Å². The van der Waals surface area contributed by atoms with Gasteiger partial charge in [-0.05, 0) is 18.9 Å². The second-order valence-electron chi connectivity index (χ2n) is 4.98.